The molecule has 116 valence electrons. The van der Waals surface area contributed by atoms with Gasteiger partial charge in [-0.05, 0) is 38.8 Å². The summed E-state index contributed by atoms with van der Waals surface area (Å²) < 4.78 is 0. The smallest absolute Gasteiger partial charge is 0.270 e. The summed E-state index contributed by atoms with van der Waals surface area (Å²) in [6, 6.07) is 9.74. The Hall–Kier alpha value is -2.43. The van der Waals surface area contributed by atoms with Crippen molar-refractivity contribution in [3.8, 4) is 0 Å². The van der Waals surface area contributed by atoms with Gasteiger partial charge in [0.2, 0.25) is 0 Å². The molecule has 0 aliphatic heterocycles. The zero-order chi connectivity index (χ0) is 16.1. The molecule has 0 saturated heterocycles. The van der Waals surface area contributed by atoms with Crippen LogP contribution in [0.3, 0.4) is 0 Å². The zero-order valence-corrected chi connectivity index (χ0v) is 13.5. The maximum atomic E-state index is 12.2. The molecule has 5 heteroatoms. The Bertz CT molecular complexity index is 669. The molecule has 0 saturated carbocycles. The number of hydrogen-bond donors (Lipinski definition) is 2. The highest BCUT2D eigenvalue weighted by molar-refractivity contribution is 5.93. The number of carbonyl (C=O) groups is 1. The van der Waals surface area contributed by atoms with E-state index in [9.17, 15) is 4.79 Å². The number of anilines is 2. The van der Waals surface area contributed by atoms with E-state index < -0.39 is 0 Å². The fourth-order valence-electron chi connectivity index (χ4n) is 2.00. The van der Waals surface area contributed by atoms with Crippen LogP contribution in [0.15, 0.2) is 30.3 Å². The molecular formula is C17H22N4O. The normalized spacial score (nSPS) is 11.8. The summed E-state index contributed by atoms with van der Waals surface area (Å²) >= 11 is 0. The van der Waals surface area contributed by atoms with Crippen LogP contribution in [0.25, 0.3) is 0 Å². The molecule has 2 aromatic rings. The predicted molar refractivity (Wildman–Crippen MR) is 88.4 cm³/mol. The average molecular weight is 298 g/mol. The fourth-order valence-corrected chi connectivity index (χ4v) is 2.00. The van der Waals surface area contributed by atoms with Gasteiger partial charge in [0.1, 0.15) is 17.3 Å². The van der Waals surface area contributed by atoms with E-state index in [-0.39, 0.29) is 11.9 Å². The molecule has 1 atom stereocenters. The van der Waals surface area contributed by atoms with Gasteiger partial charge in [-0.15, -0.1) is 0 Å². The lowest BCUT2D eigenvalue weighted by atomic mass is 10.2. The monoisotopic (exact) mass is 298 g/mol. The number of nitrogens with zero attached hydrogens (tertiary/aromatic N) is 2. The van der Waals surface area contributed by atoms with Crippen LogP contribution >= 0.6 is 0 Å². The molecule has 5 nitrogen and oxygen atoms in total. The summed E-state index contributed by atoms with van der Waals surface area (Å²) in [4.78, 5) is 20.8. The van der Waals surface area contributed by atoms with Crippen molar-refractivity contribution in [3.05, 3.63) is 47.4 Å². The molecule has 0 aliphatic carbocycles. The minimum atomic E-state index is -0.173. The van der Waals surface area contributed by atoms with Gasteiger partial charge >= 0.3 is 0 Å². The highest BCUT2D eigenvalue weighted by atomic mass is 16.1. The molecule has 0 fully saturated rings. The van der Waals surface area contributed by atoms with Gasteiger partial charge in [0.25, 0.3) is 5.91 Å². The van der Waals surface area contributed by atoms with Crippen molar-refractivity contribution < 1.29 is 4.79 Å². The van der Waals surface area contributed by atoms with Gasteiger partial charge in [0.15, 0.2) is 0 Å². The lowest BCUT2D eigenvalue weighted by Crippen LogP contribution is -2.32. The van der Waals surface area contributed by atoms with Crippen LogP contribution in [0.1, 0.15) is 42.1 Å². The van der Waals surface area contributed by atoms with Crippen LogP contribution in [-0.4, -0.2) is 21.9 Å². The first-order valence-electron chi connectivity index (χ1n) is 7.48. The number of nitrogens with one attached hydrogen (secondary N) is 2. The maximum absolute atomic E-state index is 12.2. The van der Waals surface area contributed by atoms with E-state index in [1.807, 2.05) is 45.0 Å². The van der Waals surface area contributed by atoms with Crippen molar-refractivity contribution >= 4 is 17.4 Å². The number of hydrogen-bond acceptors (Lipinski definition) is 4. The van der Waals surface area contributed by atoms with Crippen LogP contribution in [0, 0.1) is 13.8 Å². The van der Waals surface area contributed by atoms with Gasteiger partial charge < -0.3 is 10.6 Å². The first-order chi connectivity index (χ1) is 10.5. The SMILES string of the molecule is CCC(C)NC(=O)c1cc(Nc2ccccc2C)nc(C)n1. The molecule has 2 N–H and O–H groups in total. The van der Waals surface area contributed by atoms with Crippen molar-refractivity contribution in [1.82, 2.24) is 15.3 Å². The van der Waals surface area contributed by atoms with Gasteiger partial charge in [-0.25, -0.2) is 9.97 Å². The number of benzene rings is 1. The van der Waals surface area contributed by atoms with Gasteiger partial charge in [0.05, 0.1) is 0 Å². The van der Waals surface area contributed by atoms with Gasteiger partial charge in [0, 0.05) is 17.8 Å². The largest absolute Gasteiger partial charge is 0.348 e. The summed E-state index contributed by atoms with van der Waals surface area (Å²) in [7, 11) is 0. The Morgan fingerprint density at radius 2 is 1.95 bits per heavy atom. The average Bonchev–Trinajstić information content (AvgIpc) is 2.49. The summed E-state index contributed by atoms with van der Waals surface area (Å²) in [5.74, 6) is 1.01. The molecule has 0 spiro atoms. The Balaban J connectivity index is 2.23. The van der Waals surface area contributed by atoms with Crippen LogP contribution in [0.4, 0.5) is 11.5 Å². The molecule has 1 aromatic heterocycles. The van der Waals surface area contributed by atoms with Gasteiger partial charge in [-0.3, -0.25) is 4.79 Å². The van der Waals surface area contributed by atoms with E-state index in [0.29, 0.717) is 17.3 Å². The second-order valence-corrected chi connectivity index (χ2v) is 5.41. The van der Waals surface area contributed by atoms with Crippen LogP contribution < -0.4 is 10.6 Å². The van der Waals surface area contributed by atoms with Crippen LogP contribution in [0.5, 0.6) is 0 Å². The van der Waals surface area contributed by atoms with Gasteiger partial charge in [-0.1, -0.05) is 25.1 Å². The lowest BCUT2D eigenvalue weighted by molar-refractivity contribution is 0.0934. The zero-order valence-electron chi connectivity index (χ0n) is 13.5. The third-order valence-corrected chi connectivity index (χ3v) is 3.47. The number of amides is 1. The standard InChI is InChI=1S/C17H22N4O/c1-5-12(3)18-17(22)15-10-16(20-13(4)19-15)21-14-9-7-6-8-11(14)2/h6-10,12H,5H2,1-4H3,(H,18,22)(H,19,20,21). The lowest BCUT2D eigenvalue weighted by Gasteiger charge is -2.13. The Morgan fingerprint density at radius 3 is 2.64 bits per heavy atom. The quantitative estimate of drug-likeness (QED) is 0.888. The second-order valence-electron chi connectivity index (χ2n) is 5.41. The molecule has 0 radical (unpaired) electrons. The van der Waals surface area contributed by atoms with Gasteiger partial charge in [-0.2, -0.15) is 0 Å². The molecular weight excluding hydrogens is 276 g/mol. The number of rotatable bonds is 5. The summed E-state index contributed by atoms with van der Waals surface area (Å²) in [5.41, 5.74) is 2.46. The highest BCUT2D eigenvalue weighted by Crippen LogP contribution is 2.19. The summed E-state index contributed by atoms with van der Waals surface area (Å²) in [6.45, 7) is 7.80. The van der Waals surface area contributed by atoms with Crippen molar-refractivity contribution in [1.29, 1.82) is 0 Å². The summed E-state index contributed by atoms with van der Waals surface area (Å²) in [6.07, 6.45) is 0.879. The number of aryl methyl sites for hydroxylation is 2. The van der Waals surface area contributed by atoms with E-state index in [4.69, 9.17) is 0 Å². The molecule has 0 bridgehead atoms. The molecule has 1 aromatic carbocycles. The molecule has 0 aliphatic rings. The van der Waals surface area contributed by atoms with Crippen molar-refractivity contribution in [2.75, 3.05) is 5.32 Å². The van der Waals surface area contributed by atoms with E-state index in [0.717, 1.165) is 17.7 Å². The molecule has 1 amide bonds. The van der Waals surface area contributed by atoms with Crippen LogP contribution in [0.2, 0.25) is 0 Å². The first kappa shape index (κ1) is 15.9. The Labute approximate surface area is 131 Å². The van der Waals surface area contributed by atoms with E-state index in [1.54, 1.807) is 13.0 Å². The van der Waals surface area contributed by atoms with E-state index in [1.165, 1.54) is 0 Å². The van der Waals surface area contributed by atoms with Crippen molar-refractivity contribution in [3.63, 3.8) is 0 Å². The highest BCUT2D eigenvalue weighted by Gasteiger charge is 2.12. The third kappa shape index (κ3) is 4.04. The van der Waals surface area contributed by atoms with Crippen LogP contribution in [-0.2, 0) is 0 Å². The Kier molecular flexibility index (Phi) is 5.09. The van der Waals surface area contributed by atoms with E-state index in [2.05, 4.69) is 20.6 Å². The predicted octanol–water partition coefficient (Wildman–Crippen LogP) is 3.37. The molecule has 22 heavy (non-hydrogen) atoms. The van der Waals surface area contributed by atoms with Crippen molar-refractivity contribution in [2.24, 2.45) is 0 Å². The molecule has 1 unspecified atom stereocenters. The minimum absolute atomic E-state index is 0.121. The third-order valence-electron chi connectivity index (χ3n) is 3.47. The maximum Gasteiger partial charge on any atom is 0.270 e. The minimum Gasteiger partial charge on any atom is -0.348 e. The Morgan fingerprint density at radius 1 is 1.23 bits per heavy atom. The number of para-hydroxylation sites is 1. The topological polar surface area (TPSA) is 66.9 Å². The first-order valence-corrected chi connectivity index (χ1v) is 7.48. The van der Waals surface area contributed by atoms with Crippen molar-refractivity contribution in [2.45, 2.75) is 40.2 Å². The molecule has 2 rings (SSSR count). The summed E-state index contributed by atoms with van der Waals surface area (Å²) in [5, 5.41) is 6.16. The van der Waals surface area contributed by atoms with E-state index >= 15 is 0 Å². The molecule has 1 heterocycles. The second kappa shape index (κ2) is 7.02. The fraction of sp³-hybridized carbons (Fsp3) is 0.353. The number of carbonyl (C=O) groups excluding carboxylic acids is 1. The number of aromatic nitrogens is 2.